The van der Waals surface area contributed by atoms with Crippen LogP contribution in [0.3, 0.4) is 0 Å². The molecule has 3 aromatic rings. The molecular weight excluding hydrogens is 363 g/mol. The summed E-state index contributed by atoms with van der Waals surface area (Å²) in [4.78, 5) is 30.1. The molecular formula is C18H10F3N3O3. The summed E-state index contributed by atoms with van der Waals surface area (Å²) in [5.41, 5.74) is 0.767. The molecule has 2 heterocycles. The van der Waals surface area contributed by atoms with Gasteiger partial charge in [0.2, 0.25) is 0 Å². The number of hydrogen-bond donors (Lipinski definition) is 0. The quantitative estimate of drug-likeness (QED) is 0.624. The van der Waals surface area contributed by atoms with Gasteiger partial charge in [-0.05, 0) is 36.4 Å². The smallest absolute Gasteiger partial charge is 0.405 e. The van der Waals surface area contributed by atoms with Crippen molar-refractivity contribution in [1.82, 2.24) is 9.97 Å². The minimum atomic E-state index is -4.84. The first kappa shape index (κ1) is 18.2. The summed E-state index contributed by atoms with van der Waals surface area (Å²) in [6, 6.07) is 14.6. The molecule has 2 aromatic heterocycles. The summed E-state index contributed by atoms with van der Waals surface area (Å²) in [7, 11) is 0. The molecule has 0 saturated carbocycles. The van der Waals surface area contributed by atoms with Crippen LogP contribution in [-0.4, -0.2) is 22.2 Å². The summed E-state index contributed by atoms with van der Waals surface area (Å²) >= 11 is 0. The van der Waals surface area contributed by atoms with E-state index < -0.39 is 18.0 Å². The molecule has 0 fully saturated rings. The molecule has 0 aliphatic rings. The van der Waals surface area contributed by atoms with Gasteiger partial charge in [0, 0.05) is 10.7 Å². The summed E-state index contributed by atoms with van der Waals surface area (Å²) in [6.45, 7) is 0. The van der Waals surface area contributed by atoms with Crippen molar-refractivity contribution < 1.29 is 22.7 Å². The van der Waals surface area contributed by atoms with Crippen LogP contribution in [0.2, 0.25) is 0 Å². The van der Waals surface area contributed by atoms with Crippen LogP contribution in [0.25, 0.3) is 22.6 Å². The van der Waals surface area contributed by atoms with Gasteiger partial charge in [0.1, 0.15) is 11.4 Å². The van der Waals surface area contributed by atoms with E-state index in [1.165, 1.54) is 36.4 Å². The number of pyridine rings is 2. The molecule has 3 rings (SSSR count). The molecule has 0 N–H and O–H groups in total. The van der Waals surface area contributed by atoms with Crippen LogP contribution in [0.5, 0.6) is 5.75 Å². The molecule has 6 nitrogen and oxygen atoms in total. The predicted molar refractivity (Wildman–Crippen MR) is 89.7 cm³/mol. The first-order valence-electron chi connectivity index (χ1n) is 7.55. The molecule has 1 amide bonds. The number of nitrogens with zero attached hydrogens (tertiary/aromatic N) is 3. The first-order valence-corrected chi connectivity index (χ1v) is 7.55. The third-order valence-electron chi connectivity index (χ3n) is 3.45. The van der Waals surface area contributed by atoms with Crippen LogP contribution < -0.4 is 4.74 Å². The van der Waals surface area contributed by atoms with E-state index in [2.05, 4.69) is 19.9 Å². The van der Waals surface area contributed by atoms with E-state index in [-0.39, 0.29) is 22.6 Å². The molecule has 0 aliphatic carbocycles. The van der Waals surface area contributed by atoms with Crippen LogP contribution >= 0.6 is 0 Å². The first-order chi connectivity index (χ1) is 12.9. The van der Waals surface area contributed by atoms with Crippen molar-refractivity contribution in [2.75, 3.05) is 0 Å². The minimum Gasteiger partial charge on any atom is -0.405 e. The standard InChI is InChI=1S/C18H10F3N3O3/c19-18(20,21)27-16-10-2-1-5-11(16)12-6-3-7-13(22-12)14-8-4-9-15(23-14)17(25)24-26/h1-10H. The minimum absolute atomic E-state index is 0.137. The second-order valence-corrected chi connectivity index (χ2v) is 5.26. The Morgan fingerprint density at radius 3 is 2.19 bits per heavy atom. The third kappa shape index (κ3) is 4.32. The van der Waals surface area contributed by atoms with E-state index in [1.54, 1.807) is 24.3 Å². The SMILES string of the molecule is O=NC(=O)c1cccc(-c2cccc(-c3ccccc3OC(F)(F)F)n2)n1. The number of nitroso groups, excluding NO2 is 1. The molecule has 0 aliphatic heterocycles. The summed E-state index contributed by atoms with van der Waals surface area (Å²) in [6.07, 6.45) is -4.84. The van der Waals surface area contributed by atoms with Gasteiger partial charge in [-0.15, -0.1) is 18.1 Å². The lowest BCUT2D eigenvalue weighted by Crippen LogP contribution is -2.17. The Bertz CT molecular complexity index is 1010. The van der Waals surface area contributed by atoms with Crippen molar-refractivity contribution in [3.63, 3.8) is 0 Å². The molecule has 0 atom stereocenters. The number of aromatic nitrogens is 2. The lowest BCUT2D eigenvalue weighted by molar-refractivity contribution is -0.274. The second-order valence-electron chi connectivity index (χ2n) is 5.26. The van der Waals surface area contributed by atoms with Crippen molar-refractivity contribution in [3.8, 4) is 28.4 Å². The molecule has 0 saturated heterocycles. The van der Waals surface area contributed by atoms with Crippen molar-refractivity contribution >= 4 is 5.91 Å². The monoisotopic (exact) mass is 373 g/mol. The summed E-state index contributed by atoms with van der Waals surface area (Å²) < 4.78 is 41.9. The van der Waals surface area contributed by atoms with Crippen LogP contribution in [0.1, 0.15) is 10.5 Å². The van der Waals surface area contributed by atoms with Crippen molar-refractivity contribution in [1.29, 1.82) is 0 Å². The number of para-hydroxylation sites is 1. The van der Waals surface area contributed by atoms with E-state index >= 15 is 0 Å². The lowest BCUT2D eigenvalue weighted by Gasteiger charge is -2.13. The molecule has 136 valence electrons. The van der Waals surface area contributed by atoms with Crippen LogP contribution in [0, 0.1) is 4.91 Å². The van der Waals surface area contributed by atoms with Gasteiger partial charge in [0.05, 0.1) is 17.1 Å². The highest BCUT2D eigenvalue weighted by atomic mass is 19.4. The Balaban J connectivity index is 2.03. The Morgan fingerprint density at radius 1 is 0.852 bits per heavy atom. The highest BCUT2D eigenvalue weighted by molar-refractivity contribution is 5.93. The Labute approximate surface area is 150 Å². The zero-order valence-electron chi connectivity index (χ0n) is 13.5. The van der Waals surface area contributed by atoms with Gasteiger partial charge in [-0.25, -0.2) is 9.97 Å². The zero-order chi connectivity index (χ0) is 19.4. The van der Waals surface area contributed by atoms with Crippen LogP contribution in [0.15, 0.2) is 65.8 Å². The van der Waals surface area contributed by atoms with Gasteiger partial charge in [0.25, 0.3) is 0 Å². The van der Waals surface area contributed by atoms with Gasteiger partial charge in [-0.2, -0.15) is 0 Å². The van der Waals surface area contributed by atoms with E-state index in [9.17, 15) is 22.9 Å². The van der Waals surface area contributed by atoms with Gasteiger partial charge in [-0.1, -0.05) is 24.3 Å². The van der Waals surface area contributed by atoms with Gasteiger partial charge < -0.3 is 4.74 Å². The van der Waals surface area contributed by atoms with Gasteiger partial charge >= 0.3 is 12.3 Å². The fourth-order valence-electron chi connectivity index (χ4n) is 2.36. The summed E-state index contributed by atoms with van der Waals surface area (Å²) in [5, 5.41) is 2.31. The average molecular weight is 373 g/mol. The van der Waals surface area contributed by atoms with Crippen molar-refractivity contribution in [2.24, 2.45) is 5.18 Å². The summed E-state index contributed by atoms with van der Waals surface area (Å²) in [5.74, 6) is -1.42. The Morgan fingerprint density at radius 2 is 1.48 bits per heavy atom. The molecule has 0 radical (unpaired) electrons. The Kier molecular flexibility index (Phi) is 4.93. The van der Waals surface area contributed by atoms with E-state index in [0.29, 0.717) is 5.69 Å². The largest absolute Gasteiger partial charge is 0.573 e. The number of carbonyl (C=O) groups excluding carboxylic acids is 1. The zero-order valence-corrected chi connectivity index (χ0v) is 13.5. The third-order valence-corrected chi connectivity index (χ3v) is 3.45. The number of carbonyl (C=O) groups is 1. The molecule has 9 heteroatoms. The highest BCUT2D eigenvalue weighted by Crippen LogP contribution is 2.33. The van der Waals surface area contributed by atoms with Crippen LogP contribution in [-0.2, 0) is 0 Å². The number of amides is 1. The fourth-order valence-corrected chi connectivity index (χ4v) is 2.36. The maximum atomic E-state index is 12.6. The highest BCUT2D eigenvalue weighted by Gasteiger charge is 2.32. The van der Waals surface area contributed by atoms with Crippen molar-refractivity contribution in [2.45, 2.75) is 6.36 Å². The average Bonchev–Trinajstić information content (AvgIpc) is 2.67. The van der Waals surface area contributed by atoms with Gasteiger partial charge in [-0.3, -0.25) is 4.79 Å². The number of hydrogen-bond acceptors (Lipinski definition) is 5. The predicted octanol–water partition coefficient (Wildman–Crippen LogP) is 4.62. The topological polar surface area (TPSA) is 81.5 Å². The molecule has 0 bridgehead atoms. The molecule has 27 heavy (non-hydrogen) atoms. The Hall–Kier alpha value is -3.62. The van der Waals surface area contributed by atoms with Crippen molar-refractivity contribution in [3.05, 3.63) is 71.3 Å². The number of rotatable bonds is 4. The lowest BCUT2D eigenvalue weighted by atomic mass is 10.1. The number of benzene rings is 1. The molecule has 0 spiro atoms. The number of halogens is 3. The molecule has 0 unspecified atom stereocenters. The van der Waals surface area contributed by atoms with E-state index in [1.807, 2.05) is 0 Å². The van der Waals surface area contributed by atoms with Gasteiger partial charge in [0.15, 0.2) is 0 Å². The van der Waals surface area contributed by atoms with E-state index in [0.717, 1.165) is 0 Å². The van der Waals surface area contributed by atoms with E-state index in [4.69, 9.17) is 0 Å². The fraction of sp³-hybridized carbons (Fsp3) is 0.0556. The normalized spacial score (nSPS) is 11.1. The number of alkyl halides is 3. The van der Waals surface area contributed by atoms with Crippen LogP contribution in [0.4, 0.5) is 13.2 Å². The second kappa shape index (κ2) is 7.32. The number of ether oxygens (including phenoxy) is 1. The molecule has 1 aromatic carbocycles. The maximum absolute atomic E-state index is 12.6. The maximum Gasteiger partial charge on any atom is 0.573 e.